The number of para-hydroxylation sites is 1. The Labute approximate surface area is 131 Å². The molecule has 0 saturated carbocycles. The summed E-state index contributed by atoms with van der Waals surface area (Å²) in [5.74, 6) is 2.20. The lowest BCUT2D eigenvalue weighted by Gasteiger charge is -2.48. The van der Waals surface area contributed by atoms with E-state index in [9.17, 15) is 0 Å². The Morgan fingerprint density at radius 2 is 1.95 bits per heavy atom. The van der Waals surface area contributed by atoms with Gasteiger partial charge in [0.2, 0.25) is 0 Å². The van der Waals surface area contributed by atoms with Crippen LogP contribution in [0.4, 0.5) is 5.69 Å². The van der Waals surface area contributed by atoms with Crippen LogP contribution in [0.15, 0.2) is 42.5 Å². The summed E-state index contributed by atoms with van der Waals surface area (Å²) in [6.07, 6.45) is 0. The van der Waals surface area contributed by atoms with Crippen LogP contribution < -0.4 is 14.8 Å². The molecule has 2 atom stereocenters. The van der Waals surface area contributed by atoms with E-state index in [0.29, 0.717) is 5.92 Å². The van der Waals surface area contributed by atoms with Crippen molar-refractivity contribution in [2.75, 3.05) is 19.0 Å². The maximum atomic E-state index is 6.07. The van der Waals surface area contributed by atoms with Crippen LogP contribution in [0.5, 0.6) is 11.5 Å². The molecule has 4 rings (SSSR count). The SMILES string of the molecule is COc1cccc2c1C1Nc3ccccc3C(C)(C)C1CO2. The van der Waals surface area contributed by atoms with E-state index < -0.39 is 0 Å². The lowest BCUT2D eigenvalue weighted by Crippen LogP contribution is -2.46. The third-order valence-electron chi connectivity index (χ3n) is 5.24. The van der Waals surface area contributed by atoms with Crippen molar-refractivity contribution in [1.29, 1.82) is 0 Å². The topological polar surface area (TPSA) is 30.5 Å². The van der Waals surface area contributed by atoms with Crippen LogP contribution in [-0.4, -0.2) is 13.7 Å². The number of hydrogen-bond acceptors (Lipinski definition) is 3. The highest BCUT2D eigenvalue weighted by molar-refractivity contribution is 5.62. The number of ether oxygens (including phenoxy) is 2. The molecule has 0 aromatic heterocycles. The molecule has 0 amide bonds. The number of rotatable bonds is 1. The lowest BCUT2D eigenvalue weighted by molar-refractivity contribution is 0.133. The fourth-order valence-electron chi connectivity index (χ4n) is 3.95. The normalized spacial score (nSPS) is 24.1. The Bertz CT molecular complexity index is 709. The second kappa shape index (κ2) is 4.67. The summed E-state index contributed by atoms with van der Waals surface area (Å²) in [6, 6.07) is 14.8. The van der Waals surface area contributed by atoms with E-state index >= 15 is 0 Å². The largest absolute Gasteiger partial charge is 0.496 e. The van der Waals surface area contributed by atoms with Gasteiger partial charge in [-0.3, -0.25) is 0 Å². The minimum Gasteiger partial charge on any atom is -0.496 e. The fourth-order valence-corrected chi connectivity index (χ4v) is 3.95. The van der Waals surface area contributed by atoms with Gasteiger partial charge in [-0.2, -0.15) is 0 Å². The Hall–Kier alpha value is -2.16. The molecule has 0 spiro atoms. The van der Waals surface area contributed by atoms with E-state index in [1.807, 2.05) is 18.2 Å². The first kappa shape index (κ1) is 13.5. The molecular weight excluding hydrogens is 274 g/mol. The molecule has 3 heteroatoms. The number of fused-ring (bicyclic) bond motifs is 4. The van der Waals surface area contributed by atoms with Gasteiger partial charge in [-0.05, 0) is 23.8 Å². The first-order valence-corrected chi connectivity index (χ1v) is 7.78. The Kier molecular flexibility index (Phi) is 2.86. The summed E-state index contributed by atoms with van der Waals surface area (Å²) >= 11 is 0. The molecule has 2 aliphatic rings. The monoisotopic (exact) mass is 295 g/mol. The van der Waals surface area contributed by atoms with Gasteiger partial charge in [0.15, 0.2) is 0 Å². The molecule has 1 N–H and O–H groups in total. The molecule has 114 valence electrons. The number of nitrogens with one attached hydrogen (secondary N) is 1. The van der Waals surface area contributed by atoms with E-state index in [2.05, 4.69) is 43.4 Å². The average molecular weight is 295 g/mol. The highest BCUT2D eigenvalue weighted by Gasteiger charge is 2.47. The molecule has 0 bridgehead atoms. The van der Waals surface area contributed by atoms with Crippen LogP contribution in [0.25, 0.3) is 0 Å². The first-order valence-electron chi connectivity index (χ1n) is 7.78. The maximum Gasteiger partial charge on any atom is 0.128 e. The van der Waals surface area contributed by atoms with Crippen molar-refractivity contribution < 1.29 is 9.47 Å². The van der Waals surface area contributed by atoms with E-state index in [4.69, 9.17) is 9.47 Å². The summed E-state index contributed by atoms with van der Waals surface area (Å²) in [7, 11) is 1.72. The molecule has 2 unspecified atom stereocenters. The maximum absolute atomic E-state index is 6.07. The van der Waals surface area contributed by atoms with Crippen molar-refractivity contribution in [3.05, 3.63) is 53.6 Å². The summed E-state index contributed by atoms with van der Waals surface area (Å²) in [6.45, 7) is 5.35. The Morgan fingerprint density at radius 3 is 2.77 bits per heavy atom. The number of benzene rings is 2. The highest BCUT2D eigenvalue weighted by atomic mass is 16.5. The second-order valence-corrected chi connectivity index (χ2v) is 6.68. The summed E-state index contributed by atoms with van der Waals surface area (Å²) in [5, 5.41) is 3.73. The molecule has 3 nitrogen and oxygen atoms in total. The van der Waals surface area contributed by atoms with Crippen molar-refractivity contribution >= 4 is 5.69 Å². The van der Waals surface area contributed by atoms with Crippen molar-refractivity contribution in [2.24, 2.45) is 5.92 Å². The van der Waals surface area contributed by atoms with Gasteiger partial charge < -0.3 is 14.8 Å². The van der Waals surface area contributed by atoms with Crippen molar-refractivity contribution in [3.63, 3.8) is 0 Å². The molecule has 0 radical (unpaired) electrons. The molecule has 0 saturated heterocycles. The lowest BCUT2D eigenvalue weighted by atomic mass is 9.65. The van der Waals surface area contributed by atoms with Gasteiger partial charge >= 0.3 is 0 Å². The molecule has 2 aliphatic heterocycles. The smallest absolute Gasteiger partial charge is 0.128 e. The average Bonchev–Trinajstić information content (AvgIpc) is 2.54. The van der Waals surface area contributed by atoms with Crippen LogP contribution in [-0.2, 0) is 5.41 Å². The zero-order valence-electron chi connectivity index (χ0n) is 13.2. The van der Waals surface area contributed by atoms with Crippen molar-refractivity contribution in [3.8, 4) is 11.5 Å². The van der Waals surface area contributed by atoms with Crippen LogP contribution in [0.3, 0.4) is 0 Å². The van der Waals surface area contributed by atoms with Crippen LogP contribution >= 0.6 is 0 Å². The minimum atomic E-state index is 0.0467. The van der Waals surface area contributed by atoms with Gasteiger partial charge in [0.05, 0.1) is 25.3 Å². The molecular formula is C19H21NO2. The number of hydrogen-bond donors (Lipinski definition) is 1. The molecule has 22 heavy (non-hydrogen) atoms. The van der Waals surface area contributed by atoms with Crippen LogP contribution in [0.1, 0.15) is 31.0 Å². The molecule has 2 heterocycles. The van der Waals surface area contributed by atoms with Crippen LogP contribution in [0, 0.1) is 5.92 Å². The van der Waals surface area contributed by atoms with Gasteiger partial charge in [0.25, 0.3) is 0 Å². The standard InChI is InChI=1S/C19H21NO2/c1-19(2)12-7-4-5-8-14(12)20-18-13(19)11-22-16-10-6-9-15(21-3)17(16)18/h4-10,13,18,20H,11H2,1-3H3. The third-order valence-corrected chi connectivity index (χ3v) is 5.24. The second-order valence-electron chi connectivity index (χ2n) is 6.68. The number of anilines is 1. The van der Waals surface area contributed by atoms with E-state index in [1.54, 1.807) is 7.11 Å². The van der Waals surface area contributed by atoms with Gasteiger partial charge in [-0.25, -0.2) is 0 Å². The zero-order chi connectivity index (χ0) is 15.3. The van der Waals surface area contributed by atoms with Crippen LogP contribution in [0.2, 0.25) is 0 Å². The first-order chi connectivity index (χ1) is 10.6. The highest BCUT2D eigenvalue weighted by Crippen LogP contribution is 2.53. The van der Waals surface area contributed by atoms with Gasteiger partial charge in [-0.15, -0.1) is 0 Å². The quantitative estimate of drug-likeness (QED) is 0.857. The zero-order valence-corrected chi connectivity index (χ0v) is 13.2. The van der Waals surface area contributed by atoms with Crippen molar-refractivity contribution in [2.45, 2.75) is 25.3 Å². The molecule has 2 aromatic rings. The van der Waals surface area contributed by atoms with Crippen molar-refractivity contribution in [1.82, 2.24) is 0 Å². The predicted octanol–water partition coefficient (Wildman–Crippen LogP) is 4.15. The third kappa shape index (κ3) is 1.75. The Morgan fingerprint density at radius 1 is 1.14 bits per heavy atom. The Balaban J connectivity index is 1.90. The van der Waals surface area contributed by atoms with E-state index in [0.717, 1.165) is 23.7 Å². The molecule has 2 aromatic carbocycles. The molecule has 0 fully saturated rings. The van der Waals surface area contributed by atoms with E-state index in [1.165, 1.54) is 11.3 Å². The molecule has 0 aliphatic carbocycles. The fraction of sp³-hybridized carbons (Fsp3) is 0.368. The number of methoxy groups -OCH3 is 1. The minimum absolute atomic E-state index is 0.0467. The van der Waals surface area contributed by atoms with E-state index in [-0.39, 0.29) is 11.5 Å². The summed E-state index contributed by atoms with van der Waals surface area (Å²) < 4.78 is 11.7. The summed E-state index contributed by atoms with van der Waals surface area (Å²) in [4.78, 5) is 0. The predicted molar refractivity (Wildman–Crippen MR) is 87.8 cm³/mol. The van der Waals surface area contributed by atoms with Gasteiger partial charge in [0, 0.05) is 17.0 Å². The van der Waals surface area contributed by atoms with Gasteiger partial charge in [0.1, 0.15) is 11.5 Å². The van der Waals surface area contributed by atoms with Gasteiger partial charge in [-0.1, -0.05) is 38.1 Å². The summed E-state index contributed by atoms with van der Waals surface area (Å²) in [5.41, 5.74) is 3.76.